The molecule has 2 aliphatic heterocycles. The van der Waals surface area contributed by atoms with Gasteiger partial charge in [-0.25, -0.2) is 4.79 Å². The molecule has 3 aliphatic rings. The summed E-state index contributed by atoms with van der Waals surface area (Å²) < 4.78 is 1.38. The fourth-order valence-corrected chi connectivity index (χ4v) is 8.08. The highest BCUT2D eigenvalue weighted by Crippen LogP contribution is 2.53. The number of piperazine rings is 1. The molecule has 196 valence electrons. The Bertz CT molecular complexity index is 1250. The third-order valence-electron chi connectivity index (χ3n) is 9.36. The second kappa shape index (κ2) is 10.0. The maximum absolute atomic E-state index is 11.4. The lowest BCUT2D eigenvalue weighted by Gasteiger charge is -2.58. The largest absolute Gasteiger partial charge is 0.465 e. The highest BCUT2D eigenvalue weighted by atomic mass is 32.1. The van der Waals surface area contributed by atoms with Gasteiger partial charge in [0, 0.05) is 56.1 Å². The van der Waals surface area contributed by atoms with Gasteiger partial charge in [-0.15, -0.1) is 11.3 Å². The maximum atomic E-state index is 11.4. The van der Waals surface area contributed by atoms with Crippen LogP contribution < -0.4 is 0 Å². The SMILES string of the molecule is CC(C)c1ccccc1C1CN(Cc2cccc3sccc23)CCN1C1CC2(CCN(C(=O)O)CC2)C1. The number of rotatable bonds is 5. The van der Waals surface area contributed by atoms with Crippen molar-refractivity contribution in [1.29, 1.82) is 0 Å². The minimum atomic E-state index is -0.759. The number of hydrogen-bond acceptors (Lipinski definition) is 4. The van der Waals surface area contributed by atoms with Gasteiger partial charge in [-0.1, -0.05) is 50.2 Å². The van der Waals surface area contributed by atoms with E-state index < -0.39 is 6.09 Å². The lowest BCUT2D eigenvalue weighted by molar-refractivity contribution is -0.0749. The van der Waals surface area contributed by atoms with Crippen molar-refractivity contribution in [2.24, 2.45) is 5.41 Å². The van der Waals surface area contributed by atoms with E-state index in [0.717, 1.165) is 39.0 Å². The van der Waals surface area contributed by atoms with Gasteiger partial charge in [0.15, 0.2) is 0 Å². The van der Waals surface area contributed by atoms with Crippen LogP contribution in [0.1, 0.15) is 68.2 Å². The van der Waals surface area contributed by atoms with Gasteiger partial charge in [0.25, 0.3) is 0 Å². The first kappa shape index (κ1) is 24.9. The van der Waals surface area contributed by atoms with Crippen molar-refractivity contribution in [3.8, 4) is 0 Å². The number of thiophene rings is 1. The molecule has 3 heterocycles. The molecule has 1 aliphatic carbocycles. The highest BCUT2D eigenvalue weighted by molar-refractivity contribution is 7.17. The summed E-state index contributed by atoms with van der Waals surface area (Å²) in [7, 11) is 0. The van der Waals surface area contributed by atoms with E-state index in [0.29, 0.717) is 36.5 Å². The summed E-state index contributed by atoms with van der Waals surface area (Å²) in [5, 5.41) is 13.0. The molecule has 1 spiro atoms. The van der Waals surface area contributed by atoms with Crippen LogP contribution >= 0.6 is 11.3 Å². The first-order valence-corrected chi connectivity index (χ1v) is 14.8. The second-order valence-electron chi connectivity index (χ2n) is 11.9. The van der Waals surface area contributed by atoms with E-state index in [4.69, 9.17) is 0 Å². The average molecular weight is 518 g/mol. The molecule has 1 saturated carbocycles. The number of likely N-dealkylation sites (tertiary alicyclic amines) is 1. The van der Waals surface area contributed by atoms with Crippen LogP contribution in [0, 0.1) is 5.41 Å². The molecule has 2 aromatic carbocycles. The van der Waals surface area contributed by atoms with Crippen LogP contribution in [-0.2, 0) is 6.54 Å². The van der Waals surface area contributed by atoms with E-state index in [-0.39, 0.29) is 0 Å². The van der Waals surface area contributed by atoms with Crippen molar-refractivity contribution >= 4 is 27.5 Å². The Kier molecular flexibility index (Phi) is 6.76. The van der Waals surface area contributed by atoms with E-state index in [2.05, 4.69) is 77.6 Å². The van der Waals surface area contributed by atoms with Gasteiger partial charge >= 0.3 is 6.09 Å². The molecular weight excluding hydrogens is 478 g/mol. The Labute approximate surface area is 224 Å². The minimum Gasteiger partial charge on any atom is -0.465 e. The quantitative estimate of drug-likeness (QED) is 0.404. The van der Waals surface area contributed by atoms with Gasteiger partial charge in [-0.3, -0.25) is 9.80 Å². The third kappa shape index (κ3) is 4.80. The van der Waals surface area contributed by atoms with Crippen molar-refractivity contribution in [3.63, 3.8) is 0 Å². The van der Waals surface area contributed by atoms with Crippen molar-refractivity contribution in [3.05, 3.63) is 70.6 Å². The summed E-state index contributed by atoms with van der Waals surface area (Å²) in [6, 6.07) is 19.1. The summed E-state index contributed by atoms with van der Waals surface area (Å²) in [5.41, 5.74) is 4.77. The Morgan fingerprint density at radius 1 is 1.03 bits per heavy atom. The van der Waals surface area contributed by atoms with E-state index in [1.165, 1.54) is 39.6 Å². The summed E-state index contributed by atoms with van der Waals surface area (Å²) in [6.07, 6.45) is 3.72. The number of carboxylic acid groups (broad SMARTS) is 1. The first-order chi connectivity index (χ1) is 17.9. The number of piperidine rings is 1. The molecule has 6 heteroatoms. The van der Waals surface area contributed by atoms with Crippen molar-refractivity contribution in [1.82, 2.24) is 14.7 Å². The molecule has 0 radical (unpaired) electrons. The minimum absolute atomic E-state index is 0.352. The monoisotopic (exact) mass is 517 g/mol. The van der Waals surface area contributed by atoms with Crippen LogP contribution in [0.25, 0.3) is 10.1 Å². The van der Waals surface area contributed by atoms with E-state index >= 15 is 0 Å². The van der Waals surface area contributed by atoms with Gasteiger partial charge in [0.1, 0.15) is 0 Å². The van der Waals surface area contributed by atoms with Crippen LogP contribution in [0.4, 0.5) is 4.79 Å². The number of nitrogens with zero attached hydrogens (tertiary/aromatic N) is 3. The number of carbonyl (C=O) groups is 1. The predicted molar refractivity (Wildman–Crippen MR) is 151 cm³/mol. The average Bonchev–Trinajstić information content (AvgIpc) is 3.37. The van der Waals surface area contributed by atoms with Gasteiger partial charge in [0.05, 0.1) is 0 Å². The van der Waals surface area contributed by atoms with Gasteiger partial charge < -0.3 is 10.0 Å². The molecule has 5 nitrogen and oxygen atoms in total. The van der Waals surface area contributed by atoms with Gasteiger partial charge in [-0.05, 0) is 76.6 Å². The van der Waals surface area contributed by atoms with E-state index in [9.17, 15) is 9.90 Å². The van der Waals surface area contributed by atoms with Crippen molar-refractivity contribution in [2.75, 3.05) is 32.7 Å². The third-order valence-corrected chi connectivity index (χ3v) is 10.2. The Balaban J connectivity index is 1.22. The lowest BCUT2D eigenvalue weighted by atomic mass is 9.59. The van der Waals surface area contributed by atoms with Crippen LogP contribution in [-0.4, -0.2) is 64.7 Å². The van der Waals surface area contributed by atoms with Crippen LogP contribution in [0.3, 0.4) is 0 Å². The zero-order valence-electron chi connectivity index (χ0n) is 22.1. The molecular formula is C31H39N3O2S. The maximum Gasteiger partial charge on any atom is 0.407 e. The number of benzene rings is 2. The highest BCUT2D eigenvalue weighted by Gasteiger charge is 2.50. The van der Waals surface area contributed by atoms with E-state index in [1.807, 2.05) is 11.3 Å². The van der Waals surface area contributed by atoms with Crippen molar-refractivity contribution < 1.29 is 9.90 Å². The molecule has 0 bridgehead atoms. The Morgan fingerprint density at radius 2 is 1.81 bits per heavy atom. The molecule has 37 heavy (non-hydrogen) atoms. The standard InChI is InChI=1S/C31H39N3O2S/c1-22(2)25-7-3-4-8-27(25)28-21-32(20-23-6-5-9-29-26(23)10-17-37-29)15-16-34(28)24-18-31(19-24)11-13-33(14-12-31)30(35)36/h3-10,17,22,24,28H,11-16,18-21H2,1-2H3,(H,35,36). The fraction of sp³-hybridized carbons (Fsp3) is 0.516. The summed E-state index contributed by atoms with van der Waals surface area (Å²) in [6.45, 7) is 10.3. The zero-order valence-corrected chi connectivity index (χ0v) is 22.9. The van der Waals surface area contributed by atoms with Crippen LogP contribution in [0.2, 0.25) is 0 Å². The van der Waals surface area contributed by atoms with Gasteiger partial charge in [-0.2, -0.15) is 0 Å². The Morgan fingerprint density at radius 3 is 2.57 bits per heavy atom. The molecule has 1 amide bonds. The molecule has 2 saturated heterocycles. The number of amides is 1. The molecule has 3 aromatic rings. The zero-order chi connectivity index (χ0) is 25.6. The topological polar surface area (TPSA) is 47.0 Å². The smallest absolute Gasteiger partial charge is 0.407 e. The first-order valence-electron chi connectivity index (χ1n) is 13.9. The number of fused-ring (bicyclic) bond motifs is 1. The molecule has 6 rings (SSSR count). The van der Waals surface area contributed by atoms with Gasteiger partial charge in [0.2, 0.25) is 0 Å². The predicted octanol–water partition coefficient (Wildman–Crippen LogP) is 6.81. The normalized spacial score (nSPS) is 23.1. The van der Waals surface area contributed by atoms with E-state index in [1.54, 1.807) is 4.90 Å². The van der Waals surface area contributed by atoms with Crippen molar-refractivity contribution in [2.45, 2.75) is 64.1 Å². The molecule has 1 unspecified atom stereocenters. The fourth-order valence-electron chi connectivity index (χ4n) is 7.24. The Hall–Kier alpha value is -2.41. The molecule has 1 N–H and O–H groups in total. The lowest BCUT2D eigenvalue weighted by Crippen LogP contribution is -2.60. The number of hydrogen-bond donors (Lipinski definition) is 1. The molecule has 3 fully saturated rings. The van der Waals surface area contributed by atoms with Crippen LogP contribution in [0.15, 0.2) is 53.9 Å². The summed E-state index contributed by atoms with van der Waals surface area (Å²) in [4.78, 5) is 18.5. The molecule has 1 aromatic heterocycles. The molecule has 1 atom stereocenters. The summed E-state index contributed by atoms with van der Waals surface area (Å²) in [5.74, 6) is 0.501. The summed E-state index contributed by atoms with van der Waals surface area (Å²) >= 11 is 1.83. The second-order valence-corrected chi connectivity index (χ2v) is 12.8. The van der Waals surface area contributed by atoms with Crippen LogP contribution in [0.5, 0.6) is 0 Å².